The maximum Gasteiger partial charge on any atom is 0.258 e. The quantitative estimate of drug-likeness (QED) is 0.349. The summed E-state index contributed by atoms with van der Waals surface area (Å²) in [6.45, 7) is 2.26. The lowest BCUT2D eigenvalue weighted by Gasteiger charge is -2.18. The summed E-state index contributed by atoms with van der Waals surface area (Å²) in [6.07, 6.45) is 3.00. The minimum absolute atomic E-state index is 0.102. The van der Waals surface area contributed by atoms with Crippen molar-refractivity contribution in [3.05, 3.63) is 75.1 Å². The van der Waals surface area contributed by atoms with E-state index in [0.717, 1.165) is 45.7 Å². The summed E-state index contributed by atoms with van der Waals surface area (Å²) in [4.78, 5) is 14.5. The molecule has 1 aliphatic carbocycles. The molecule has 2 aromatic carbocycles. The molecule has 0 unspecified atom stereocenters. The molecule has 1 aromatic heterocycles. The highest BCUT2D eigenvalue weighted by atomic mass is 79.9. The van der Waals surface area contributed by atoms with E-state index in [0.29, 0.717) is 16.6 Å². The van der Waals surface area contributed by atoms with Gasteiger partial charge in [-0.25, -0.2) is 0 Å². The molecule has 0 saturated carbocycles. The van der Waals surface area contributed by atoms with Crippen molar-refractivity contribution in [1.29, 1.82) is 0 Å². The van der Waals surface area contributed by atoms with Crippen molar-refractivity contribution in [3.63, 3.8) is 0 Å². The van der Waals surface area contributed by atoms with Crippen LogP contribution in [0.15, 0.2) is 59.1 Å². The Morgan fingerprint density at radius 1 is 1.03 bits per heavy atom. The number of rotatable bonds is 4. The third-order valence-corrected chi connectivity index (χ3v) is 7.00. The molecule has 30 heavy (non-hydrogen) atoms. The number of hydrogen-bond acceptors (Lipinski definition) is 3. The summed E-state index contributed by atoms with van der Waals surface area (Å²) in [7, 11) is 0. The van der Waals surface area contributed by atoms with Gasteiger partial charge in [-0.1, -0.05) is 41.1 Å². The number of amides is 1. The van der Waals surface area contributed by atoms with Crippen LogP contribution in [0.5, 0.6) is 0 Å². The molecule has 0 radical (unpaired) electrons. The van der Waals surface area contributed by atoms with Gasteiger partial charge in [0.15, 0.2) is 5.11 Å². The highest BCUT2D eigenvalue weighted by Crippen LogP contribution is 2.40. The summed E-state index contributed by atoms with van der Waals surface area (Å²) in [5, 5.41) is 10.8. The van der Waals surface area contributed by atoms with Gasteiger partial charge in [-0.15, -0.1) is 11.3 Å². The number of anilines is 3. The topological polar surface area (TPSA) is 53.2 Å². The van der Waals surface area contributed by atoms with Gasteiger partial charge >= 0.3 is 0 Å². The number of hydrogen-bond donors (Lipinski definition) is 3. The molecule has 154 valence electrons. The van der Waals surface area contributed by atoms with Crippen molar-refractivity contribution in [3.8, 4) is 0 Å². The van der Waals surface area contributed by atoms with Gasteiger partial charge < -0.3 is 16.0 Å². The molecule has 0 aliphatic heterocycles. The molecule has 1 heterocycles. The minimum atomic E-state index is -0.102. The van der Waals surface area contributed by atoms with Gasteiger partial charge in [0.2, 0.25) is 0 Å². The fraction of sp³-hybridized carbons (Fsp3) is 0.217. The zero-order valence-corrected chi connectivity index (χ0v) is 19.7. The Labute approximate surface area is 194 Å². The second kappa shape index (κ2) is 9.29. The van der Waals surface area contributed by atoms with E-state index in [9.17, 15) is 4.79 Å². The summed E-state index contributed by atoms with van der Waals surface area (Å²) in [6, 6.07) is 17.4. The van der Waals surface area contributed by atoms with Gasteiger partial charge in [0, 0.05) is 20.7 Å². The normalized spacial score (nSPS) is 15.2. The standard InChI is InChI=1S/C23H22BrN3OS2/c1-14-7-12-18-19(13-14)30-22(27-23(29)26-16-5-3-2-4-6-16)20(18)21(28)25-17-10-8-15(24)9-11-17/h2-6,8-11,14H,7,12-13H2,1H3,(H,25,28)(H2,26,27,29)/t14-/m1/s1. The van der Waals surface area contributed by atoms with Crippen LogP contribution >= 0.6 is 39.5 Å². The van der Waals surface area contributed by atoms with E-state index in [1.807, 2.05) is 54.6 Å². The number of benzene rings is 2. The molecule has 3 aromatic rings. The van der Waals surface area contributed by atoms with E-state index in [2.05, 4.69) is 38.8 Å². The van der Waals surface area contributed by atoms with Crippen LogP contribution in [0.4, 0.5) is 16.4 Å². The van der Waals surface area contributed by atoms with E-state index >= 15 is 0 Å². The first-order valence-electron chi connectivity index (χ1n) is 9.84. The van der Waals surface area contributed by atoms with Gasteiger partial charge in [-0.3, -0.25) is 4.79 Å². The Kier molecular flexibility index (Phi) is 6.51. The minimum Gasteiger partial charge on any atom is -0.332 e. The van der Waals surface area contributed by atoms with Crippen LogP contribution in [0.3, 0.4) is 0 Å². The highest BCUT2D eigenvalue weighted by Gasteiger charge is 2.28. The second-order valence-corrected chi connectivity index (χ2v) is 9.89. The zero-order valence-electron chi connectivity index (χ0n) is 16.5. The molecule has 7 heteroatoms. The number of halogens is 1. The van der Waals surface area contributed by atoms with Crippen molar-refractivity contribution in [1.82, 2.24) is 0 Å². The summed E-state index contributed by atoms with van der Waals surface area (Å²) in [5.41, 5.74) is 3.54. The van der Waals surface area contributed by atoms with E-state index in [-0.39, 0.29) is 5.91 Å². The summed E-state index contributed by atoms with van der Waals surface area (Å²) in [5.74, 6) is 0.523. The Balaban J connectivity index is 1.60. The smallest absolute Gasteiger partial charge is 0.258 e. The first kappa shape index (κ1) is 21.0. The fourth-order valence-corrected chi connectivity index (χ4v) is 5.55. The predicted molar refractivity (Wildman–Crippen MR) is 134 cm³/mol. The molecular weight excluding hydrogens is 478 g/mol. The van der Waals surface area contributed by atoms with Gasteiger partial charge in [-0.05, 0) is 79.4 Å². The molecule has 4 rings (SSSR count). The van der Waals surface area contributed by atoms with Crippen LogP contribution in [0.25, 0.3) is 0 Å². The fourth-order valence-electron chi connectivity index (χ4n) is 3.59. The first-order chi connectivity index (χ1) is 14.5. The van der Waals surface area contributed by atoms with Crippen molar-refractivity contribution in [2.45, 2.75) is 26.2 Å². The molecule has 1 amide bonds. The predicted octanol–water partition coefficient (Wildman–Crippen LogP) is 6.70. The van der Waals surface area contributed by atoms with Gasteiger partial charge in [0.25, 0.3) is 5.91 Å². The van der Waals surface area contributed by atoms with Gasteiger partial charge in [-0.2, -0.15) is 0 Å². The largest absolute Gasteiger partial charge is 0.332 e. The molecule has 1 atom stereocenters. The number of fused-ring (bicyclic) bond motifs is 1. The maximum absolute atomic E-state index is 13.3. The van der Waals surface area contributed by atoms with Crippen LogP contribution in [0.1, 0.15) is 34.1 Å². The van der Waals surface area contributed by atoms with Crippen LogP contribution < -0.4 is 16.0 Å². The molecule has 0 fully saturated rings. The lowest BCUT2D eigenvalue weighted by molar-refractivity contribution is 0.102. The van der Waals surface area contributed by atoms with Crippen molar-refractivity contribution < 1.29 is 4.79 Å². The van der Waals surface area contributed by atoms with Crippen LogP contribution in [-0.2, 0) is 12.8 Å². The van der Waals surface area contributed by atoms with E-state index < -0.39 is 0 Å². The van der Waals surface area contributed by atoms with E-state index in [4.69, 9.17) is 12.2 Å². The van der Waals surface area contributed by atoms with Gasteiger partial charge in [0.1, 0.15) is 5.00 Å². The van der Waals surface area contributed by atoms with Crippen molar-refractivity contribution >= 4 is 66.9 Å². The average Bonchev–Trinajstić information content (AvgIpc) is 3.07. The number of thiophene rings is 1. The van der Waals surface area contributed by atoms with Crippen LogP contribution in [0, 0.1) is 5.92 Å². The third-order valence-electron chi connectivity index (χ3n) is 5.10. The van der Waals surface area contributed by atoms with Crippen molar-refractivity contribution in [2.24, 2.45) is 5.92 Å². The molecule has 4 nitrogen and oxygen atoms in total. The SMILES string of the molecule is C[C@@H]1CCc2c(sc(NC(=S)Nc3ccccc3)c2C(=O)Nc2ccc(Br)cc2)C1. The Morgan fingerprint density at radius 3 is 2.47 bits per heavy atom. The number of carbonyl (C=O) groups is 1. The number of thiocarbonyl (C=S) groups is 1. The Bertz CT molecular complexity index is 1060. The number of para-hydroxylation sites is 1. The average molecular weight is 500 g/mol. The monoisotopic (exact) mass is 499 g/mol. The number of carbonyl (C=O) groups excluding carboxylic acids is 1. The highest BCUT2D eigenvalue weighted by molar-refractivity contribution is 9.10. The zero-order chi connectivity index (χ0) is 21.1. The molecular formula is C23H22BrN3OS2. The lowest BCUT2D eigenvalue weighted by Crippen LogP contribution is -2.22. The molecule has 3 N–H and O–H groups in total. The Hall–Kier alpha value is -2.22. The van der Waals surface area contributed by atoms with Crippen molar-refractivity contribution in [2.75, 3.05) is 16.0 Å². The van der Waals surface area contributed by atoms with E-state index in [1.165, 1.54) is 4.88 Å². The molecule has 0 saturated heterocycles. The summed E-state index contributed by atoms with van der Waals surface area (Å²) >= 11 is 10.6. The first-order valence-corrected chi connectivity index (χ1v) is 11.9. The van der Waals surface area contributed by atoms with Crippen LogP contribution in [0.2, 0.25) is 0 Å². The number of nitrogens with one attached hydrogen (secondary N) is 3. The summed E-state index contributed by atoms with van der Waals surface area (Å²) < 4.78 is 0.974. The van der Waals surface area contributed by atoms with Gasteiger partial charge in [0.05, 0.1) is 5.56 Å². The lowest BCUT2D eigenvalue weighted by atomic mass is 9.88. The Morgan fingerprint density at radius 2 is 1.73 bits per heavy atom. The third kappa shape index (κ3) is 4.91. The maximum atomic E-state index is 13.3. The molecule has 0 bridgehead atoms. The molecule has 0 spiro atoms. The van der Waals surface area contributed by atoms with Crippen LogP contribution in [-0.4, -0.2) is 11.0 Å². The van der Waals surface area contributed by atoms with E-state index in [1.54, 1.807) is 11.3 Å². The second-order valence-electron chi connectivity index (χ2n) is 7.46. The molecule has 1 aliphatic rings.